The van der Waals surface area contributed by atoms with Crippen LogP contribution in [0, 0.1) is 5.92 Å². The van der Waals surface area contributed by atoms with Gasteiger partial charge in [-0.25, -0.2) is 4.98 Å². The summed E-state index contributed by atoms with van der Waals surface area (Å²) >= 11 is 12.4. The molecule has 3 aromatic rings. The zero-order valence-corrected chi connectivity index (χ0v) is 17.3. The minimum atomic E-state index is 0.297. The molecule has 28 heavy (non-hydrogen) atoms. The van der Waals surface area contributed by atoms with Crippen molar-refractivity contribution in [1.29, 1.82) is 0 Å². The van der Waals surface area contributed by atoms with Crippen LogP contribution in [0.2, 0.25) is 10.0 Å². The molecule has 0 saturated carbocycles. The summed E-state index contributed by atoms with van der Waals surface area (Å²) in [5.74, 6) is 2.08. The second-order valence-electron chi connectivity index (χ2n) is 7.44. The largest absolute Gasteiger partial charge is 0.483 e. The van der Waals surface area contributed by atoms with E-state index in [0.717, 1.165) is 29.2 Å². The first-order valence-electron chi connectivity index (χ1n) is 9.94. The molecular formula is C22H25Cl2N3O. The number of nitrogens with zero attached hydrogens (tertiary/aromatic N) is 1. The van der Waals surface area contributed by atoms with Crippen LogP contribution >= 0.6 is 23.2 Å². The summed E-state index contributed by atoms with van der Waals surface area (Å²) in [6.07, 6.45) is 6.17. The van der Waals surface area contributed by atoms with Crippen molar-refractivity contribution < 1.29 is 4.74 Å². The molecule has 4 rings (SSSR count). The van der Waals surface area contributed by atoms with Crippen molar-refractivity contribution >= 4 is 34.2 Å². The lowest BCUT2D eigenvalue weighted by atomic mass is 9.93. The molecule has 1 aliphatic heterocycles. The van der Waals surface area contributed by atoms with E-state index in [9.17, 15) is 0 Å². The summed E-state index contributed by atoms with van der Waals surface area (Å²) in [5, 5.41) is 4.50. The van der Waals surface area contributed by atoms with E-state index in [1.165, 1.54) is 44.3 Å². The zero-order chi connectivity index (χ0) is 19.3. The van der Waals surface area contributed by atoms with E-state index in [0.29, 0.717) is 22.4 Å². The third kappa shape index (κ3) is 4.62. The van der Waals surface area contributed by atoms with Crippen molar-refractivity contribution in [1.82, 2.24) is 15.3 Å². The first kappa shape index (κ1) is 19.6. The smallest absolute Gasteiger partial charge is 0.157 e. The zero-order valence-electron chi connectivity index (χ0n) is 15.8. The lowest BCUT2D eigenvalue weighted by molar-refractivity contribution is 0.298. The number of para-hydroxylation sites is 2. The third-order valence-electron chi connectivity index (χ3n) is 5.37. The summed E-state index contributed by atoms with van der Waals surface area (Å²) in [7, 11) is 0. The van der Waals surface area contributed by atoms with Gasteiger partial charge in [-0.15, -0.1) is 0 Å². The Morgan fingerprint density at radius 3 is 2.71 bits per heavy atom. The Kier molecular flexibility index (Phi) is 6.40. The van der Waals surface area contributed by atoms with Crippen molar-refractivity contribution in [3.05, 3.63) is 57.8 Å². The van der Waals surface area contributed by atoms with Crippen LogP contribution in [0.3, 0.4) is 0 Å². The summed E-state index contributed by atoms with van der Waals surface area (Å²) in [4.78, 5) is 8.13. The molecule has 1 atom stereocenters. The third-order valence-corrected chi connectivity index (χ3v) is 5.97. The summed E-state index contributed by atoms with van der Waals surface area (Å²) in [5.41, 5.74) is 3.37. The molecular weight excluding hydrogens is 393 g/mol. The predicted molar refractivity (Wildman–Crippen MR) is 115 cm³/mol. The second kappa shape index (κ2) is 9.17. The van der Waals surface area contributed by atoms with Gasteiger partial charge in [0, 0.05) is 0 Å². The maximum Gasteiger partial charge on any atom is 0.157 e. The highest BCUT2D eigenvalue weighted by molar-refractivity contribution is 6.37. The van der Waals surface area contributed by atoms with Crippen molar-refractivity contribution in [2.24, 2.45) is 5.92 Å². The molecule has 1 fully saturated rings. The fraction of sp³-hybridized carbons (Fsp3) is 0.409. The van der Waals surface area contributed by atoms with E-state index in [-0.39, 0.29) is 0 Å². The molecule has 0 radical (unpaired) electrons. The van der Waals surface area contributed by atoms with Crippen LogP contribution < -0.4 is 10.1 Å². The molecule has 0 aliphatic carbocycles. The van der Waals surface area contributed by atoms with Gasteiger partial charge in [-0.05, 0) is 74.9 Å². The van der Waals surface area contributed by atoms with Crippen LogP contribution in [0.25, 0.3) is 11.0 Å². The first-order chi connectivity index (χ1) is 13.7. The standard InChI is InChI=1S/C22H25Cl2N3O/c23-17-9-3-10-18(24)22(17)28-14-20-26-19-11-2-8-16(21(19)27-20)7-1-5-15-6-4-12-25-13-15/h2-3,8-11,15,25H,1,4-7,12-14H2,(H,26,27). The normalized spacial score (nSPS) is 17.1. The molecule has 1 aromatic heterocycles. The van der Waals surface area contributed by atoms with Gasteiger partial charge in [0.25, 0.3) is 0 Å². The van der Waals surface area contributed by atoms with E-state index < -0.39 is 0 Å². The average molecular weight is 418 g/mol. The lowest BCUT2D eigenvalue weighted by Crippen LogP contribution is -2.29. The fourth-order valence-electron chi connectivity index (χ4n) is 3.93. The van der Waals surface area contributed by atoms with E-state index in [1.54, 1.807) is 18.2 Å². The van der Waals surface area contributed by atoms with Crippen LogP contribution in [0.4, 0.5) is 0 Å². The van der Waals surface area contributed by atoms with Gasteiger partial charge in [0.15, 0.2) is 5.75 Å². The summed E-state index contributed by atoms with van der Waals surface area (Å²) in [6, 6.07) is 11.7. The quantitative estimate of drug-likeness (QED) is 0.512. The van der Waals surface area contributed by atoms with Gasteiger partial charge >= 0.3 is 0 Å². The summed E-state index contributed by atoms with van der Waals surface area (Å²) in [6.45, 7) is 2.64. The highest BCUT2D eigenvalue weighted by Crippen LogP contribution is 2.33. The molecule has 2 N–H and O–H groups in total. The number of imidazole rings is 1. The van der Waals surface area contributed by atoms with E-state index >= 15 is 0 Å². The van der Waals surface area contributed by atoms with Gasteiger partial charge in [-0.1, -0.05) is 41.4 Å². The van der Waals surface area contributed by atoms with Crippen molar-refractivity contribution in [2.75, 3.05) is 13.1 Å². The number of piperidine rings is 1. The molecule has 0 spiro atoms. The number of aryl methyl sites for hydroxylation is 1. The molecule has 1 unspecified atom stereocenters. The van der Waals surface area contributed by atoms with Gasteiger partial charge in [0.2, 0.25) is 0 Å². The van der Waals surface area contributed by atoms with Crippen LogP contribution in [0.15, 0.2) is 36.4 Å². The number of nitrogens with one attached hydrogen (secondary N) is 2. The number of rotatable bonds is 7. The second-order valence-corrected chi connectivity index (χ2v) is 8.26. The number of hydrogen-bond donors (Lipinski definition) is 2. The molecule has 6 heteroatoms. The van der Waals surface area contributed by atoms with Crippen LogP contribution in [0.1, 0.15) is 37.1 Å². The minimum Gasteiger partial charge on any atom is -0.483 e. The molecule has 4 nitrogen and oxygen atoms in total. The average Bonchev–Trinajstić information content (AvgIpc) is 3.12. The van der Waals surface area contributed by atoms with E-state index in [4.69, 9.17) is 32.9 Å². The first-order valence-corrected chi connectivity index (χ1v) is 10.7. The SMILES string of the molecule is Clc1cccc(Cl)c1OCc1nc2c(CCCC3CCCNC3)cccc2[nH]1. The number of fused-ring (bicyclic) bond motifs is 1. The molecule has 148 valence electrons. The van der Waals surface area contributed by atoms with Crippen molar-refractivity contribution in [3.8, 4) is 5.75 Å². The Morgan fingerprint density at radius 1 is 1.11 bits per heavy atom. The molecule has 1 aliphatic rings. The molecule has 2 heterocycles. The van der Waals surface area contributed by atoms with Gasteiger partial charge in [0.1, 0.15) is 12.4 Å². The number of ether oxygens (including phenoxy) is 1. The number of benzene rings is 2. The topological polar surface area (TPSA) is 49.9 Å². The van der Waals surface area contributed by atoms with Gasteiger partial charge in [-0.3, -0.25) is 0 Å². The number of halogens is 2. The Morgan fingerprint density at radius 2 is 1.93 bits per heavy atom. The minimum absolute atomic E-state index is 0.297. The van der Waals surface area contributed by atoms with Crippen LogP contribution in [0.5, 0.6) is 5.75 Å². The fourth-order valence-corrected chi connectivity index (χ4v) is 4.43. The predicted octanol–water partition coefficient (Wildman–Crippen LogP) is 5.77. The van der Waals surface area contributed by atoms with Gasteiger partial charge < -0.3 is 15.0 Å². The Hall–Kier alpha value is -1.75. The lowest BCUT2D eigenvalue weighted by Gasteiger charge is -2.22. The monoisotopic (exact) mass is 417 g/mol. The molecule has 0 amide bonds. The highest BCUT2D eigenvalue weighted by Gasteiger charge is 2.14. The van der Waals surface area contributed by atoms with Crippen molar-refractivity contribution in [3.63, 3.8) is 0 Å². The maximum absolute atomic E-state index is 6.18. The highest BCUT2D eigenvalue weighted by atomic mass is 35.5. The Labute approximate surface area is 175 Å². The number of aromatic amines is 1. The number of H-pyrrole nitrogens is 1. The van der Waals surface area contributed by atoms with E-state index in [1.807, 2.05) is 0 Å². The molecule has 1 saturated heterocycles. The van der Waals surface area contributed by atoms with E-state index in [2.05, 4.69) is 28.5 Å². The van der Waals surface area contributed by atoms with Crippen LogP contribution in [-0.2, 0) is 13.0 Å². The Bertz CT molecular complexity index is 914. The molecule has 2 aromatic carbocycles. The Balaban J connectivity index is 1.41. The van der Waals surface area contributed by atoms with Crippen LogP contribution in [-0.4, -0.2) is 23.1 Å². The number of aromatic nitrogens is 2. The van der Waals surface area contributed by atoms with Gasteiger partial charge in [-0.2, -0.15) is 0 Å². The maximum atomic E-state index is 6.18. The number of hydrogen-bond acceptors (Lipinski definition) is 3. The summed E-state index contributed by atoms with van der Waals surface area (Å²) < 4.78 is 5.82. The van der Waals surface area contributed by atoms with Crippen molar-refractivity contribution in [2.45, 2.75) is 38.7 Å². The van der Waals surface area contributed by atoms with Gasteiger partial charge in [0.05, 0.1) is 21.1 Å². The molecule has 0 bridgehead atoms.